The number of esters is 1. The Bertz CT molecular complexity index is 1540. The quantitative estimate of drug-likeness (QED) is 0.294. The highest BCUT2D eigenvalue weighted by Crippen LogP contribution is 2.57. The molecule has 5 heteroatoms. The maximum atomic E-state index is 13.2. The van der Waals surface area contributed by atoms with E-state index in [9.17, 15) is 4.79 Å². The average Bonchev–Trinajstić information content (AvgIpc) is 3.21. The van der Waals surface area contributed by atoms with Crippen molar-refractivity contribution in [1.82, 2.24) is 0 Å². The SMILES string of the molecule is CCN(CC)c1ccc2c(c1)Oc1ccc(Nc3cccc(C)c3C)cc1C21OC(=O)c2ccccc21. The van der Waals surface area contributed by atoms with Gasteiger partial charge in [-0.05, 0) is 81.3 Å². The van der Waals surface area contributed by atoms with Gasteiger partial charge in [0.2, 0.25) is 0 Å². The molecule has 2 aliphatic rings. The molecule has 5 nitrogen and oxygen atoms in total. The number of hydrogen-bond acceptors (Lipinski definition) is 5. The molecule has 1 spiro atoms. The van der Waals surface area contributed by atoms with Gasteiger partial charge in [0, 0.05) is 52.9 Å². The second-order valence-corrected chi connectivity index (χ2v) is 9.65. The number of fused-ring (bicyclic) bond motifs is 6. The molecule has 0 aromatic heterocycles. The number of hydrogen-bond donors (Lipinski definition) is 1. The number of ether oxygens (including phenoxy) is 2. The summed E-state index contributed by atoms with van der Waals surface area (Å²) >= 11 is 0. The van der Waals surface area contributed by atoms with Crippen LogP contribution in [0.3, 0.4) is 0 Å². The third kappa shape index (κ3) is 3.49. The van der Waals surface area contributed by atoms with E-state index in [0.29, 0.717) is 17.1 Å². The first-order valence-corrected chi connectivity index (χ1v) is 12.8. The minimum absolute atomic E-state index is 0.324. The van der Waals surface area contributed by atoms with Crippen molar-refractivity contribution in [3.05, 3.63) is 112 Å². The van der Waals surface area contributed by atoms with E-state index < -0.39 is 5.60 Å². The highest BCUT2D eigenvalue weighted by atomic mass is 16.6. The van der Waals surface area contributed by atoms with Gasteiger partial charge in [-0.2, -0.15) is 0 Å². The monoisotopic (exact) mass is 490 g/mol. The van der Waals surface area contributed by atoms with Gasteiger partial charge in [-0.3, -0.25) is 0 Å². The molecule has 0 amide bonds. The second kappa shape index (κ2) is 8.70. The highest BCUT2D eigenvalue weighted by molar-refractivity contribution is 5.97. The van der Waals surface area contributed by atoms with Gasteiger partial charge >= 0.3 is 5.97 Å². The first-order valence-electron chi connectivity index (χ1n) is 12.8. The lowest BCUT2D eigenvalue weighted by Crippen LogP contribution is -2.33. The largest absolute Gasteiger partial charge is 0.456 e. The van der Waals surface area contributed by atoms with Crippen LogP contribution in [0.2, 0.25) is 0 Å². The fourth-order valence-electron chi connectivity index (χ4n) is 5.57. The van der Waals surface area contributed by atoms with Crippen LogP contribution in [0.1, 0.15) is 52.0 Å². The van der Waals surface area contributed by atoms with Crippen LogP contribution in [-0.2, 0) is 10.3 Å². The minimum Gasteiger partial charge on any atom is -0.456 e. The van der Waals surface area contributed by atoms with Gasteiger partial charge in [-0.1, -0.05) is 30.3 Å². The van der Waals surface area contributed by atoms with E-state index in [2.05, 4.69) is 62.2 Å². The summed E-state index contributed by atoms with van der Waals surface area (Å²) in [5.41, 5.74) is 7.41. The first-order chi connectivity index (χ1) is 18.0. The molecule has 1 unspecified atom stereocenters. The Hall–Kier alpha value is -4.25. The predicted molar refractivity (Wildman–Crippen MR) is 147 cm³/mol. The fourth-order valence-corrected chi connectivity index (χ4v) is 5.57. The molecule has 0 fully saturated rings. The molecule has 2 heterocycles. The molecule has 4 aromatic carbocycles. The van der Waals surface area contributed by atoms with Gasteiger partial charge in [0.25, 0.3) is 0 Å². The molecule has 0 bridgehead atoms. The topological polar surface area (TPSA) is 50.8 Å². The zero-order valence-electron chi connectivity index (χ0n) is 21.6. The molecule has 1 atom stereocenters. The van der Waals surface area contributed by atoms with Crippen molar-refractivity contribution in [2.45, 2.75) is 33.3 Å². The van der Waals surface area contributed by atoms with Crippen molar-refractivity contribution < 1.29 is 14.3 Å². The molecule has 1 N–H and O–H groups in total. The van der Waals surface area contributed by atoms with E-state index in [4.69, 9.17) is 9.47 Å². The van der Waals surface area contributed by atoms with Crippen molar-refractivity contribution >= 4 is 23.0 Å². The maximum Gasteiger partial charge on any atom is 0.340 e. The molecule has 0 saturated carbocycles. The van der Waals surface area contributed by atoms with E-state index >= 15 is 0 Å². The molecule has 6 rings (SSSR count). The summed E-state index contributed by atoms with van der Waals surface area (Å²) in [5, 5.41) is 3.57. The number of aryl methyl sites for hydroxylation is 1. The van der Waals surface area contributed by atoms with E-state index in [1.165, 1.54) is 11.1 Å². The number of nitrogens with zero attached hydrogens (tertiary/aromatic N) is 1. The van der Waals surface area contributed by atoms with Gasteiger partial charge in [0.1, 0.15) is 11.5 Å². The molecule has 0 saturated heterocycles. The van der Waals surface area contributed by atoms with E-state index in [1.807, 2.05) is 54.6 Å². The fraction of sp³-hybridized carbons (Fsp3) is 0.219. The first kappa shape index (κ1) is 23.2. The van der Waals surface area contributed by atoms with Crippen LogP contribution in [0.15, 0.2) is 78.9 Å². The van der Waals surface area contributed by atoms with Crippen molar-refractivity contribution in [3.63, 3.8) is 0 Å². The van der Waals surface area contributed by atoms with Crippen LogP contribution in [-0.4, -0.2) is 19.1 Å². The normalized spacial score (nSPS) is 16.9. The lowest BCUT2D eigenvalue weighted by Gasteiger charge is -2.37. The molecule has 0 radical (unpaired) electrons. The molecule has 0 aliphatic carbocycles. The Balaban J connectivity index is 1.55. The van der Waals surface area contributed by atoms with E-state index in [0.717, 1.165) is 46.8 Å². The summed E-state index contributed by atoms with van der Waals surface area (Å²) in [7, 11) is 0. The van der Waals surface area contributed by atoms with Crippen LogP contribution >= 0.6 is 0 Å². The van der Waals surface area contributed by atoms with Crippen molar-refractivity contribution in [1.29, 1.82) is 0 Å². The van der Waals surface area contributed by atoms with E-state index in [1.54, 1.807) is 0 Å². The number of benzene rings is 4. The summed E-state index contributed by atoms with van der Waals surface area (Å²) in [6, 6.07) is 26.1. The van der Waals surface area contributed by atoms with Crippen LogP contribution in [0, 0.1) is 13.8 Å². The standard InChI is InChI=1S/C32H30N2O3/c1-5-34(6-2)23-15-16-26-30(19-23)36-29-17-14-22(33-28-13-9-10-20(3)21(28)4)18-27(29)32(26)25-12-8-7-11-24(25)31(35)37-32/h7-19,33H,5-6H2,1-4H3. The second-order valence-electron chi connectivity index (χ2n) is 9.65. The Kier molecular flexibility index (Phi) is 5.45. The van der Waals surface area contributed by atoms with Gasteiger partial charge in [0.15, 0.2) is 5.60 Å². The Morgan fingerprint density at radius 1 is 0.811 bits per heavy atom. The van der Waals surface area contributed by atoms with E-state index in [-0.39, 0.29) is 5.97 Å². The van der Waals surface area contributed by atoms with Crippen molar-refractivity contribution in [3.8, 4) is 11.5 Å². The van der Waals surface area contributed by atoms with Crippen LogP contribution in [0.5, 0.6) is 11.5 Å². The summed E-state index contributed by atoms with van der Waals surface area (Å²) in [6.07, 6.45) is 0. The summed E-state index contributed by atoms with van der Waals surface area (Å²) in [4.78, 5) is 15.5. The summed E-state index contributed by atoms with van der Waals surface area (Å²) in [5.74, 6) is 1.06. The molecular weight excluding hydrogens is 460 g/mol. The zero-order chi connectivity index (χ0) is 25.7. The number of carbonyl (C=O) groups is 1. The minimum atomic E-state index is -1.09. The third-order valence-corrected chi connectivity index (χ3v) is 7.71. The molecule has 2 aliphatic heterocycles. The smallest absolute Gasteiger partial charge is 0.340 e. The number of nitrogens with one attached hydrogen (secondary N) is 1. The summed E-state index contributed by atoms with van der Waals surface area (Å²) < 4.78 is 12.9. The number of carbonyl (C=O) groups excluding carboxylic acids is 1. The van der Waals surface area contributed by atoms with Gasteiger partial charge < -0.3 is 19.7 Å². The van der Waals surface area contributed by atoms with Gasteiger partial charge in [0.05, 0.1) is 5.56 Å². The van der Waals surface area contributed by atoms with Crippen molar-refractivity contribution in [2.75, 3.05) is 23.3 Å². The zero-order valence-corrected chi connectivity index (χ0v) is 21.6. The van der Waals surface area contributed by atoms with Crippen LogP contribution in [0.4, 0.5) is 17.1 Å². The number of anilines is 3. The Morgan fingerprint density at radius 2 is 1.62 bits per heavy atom. The Morgan fingerprint density at radius 3 is 2.43 bits per heavy atom. The Labute approximate surface area is 217 Å². The van der Waals surface area contributed by atoms with Crippen LogP contribution < -0.4 is 15.0 Å². The highest BCUT2D eigenvalue weighted by Gasteiger charge is 2.53. The predicted octanol–water partition coefficient (Wildman–Crippen LogP) is 7.46. The molecular formula is C32H30N2O3. The van der Waals surface area contributed by atoms with Crippen LogP contribution in [0.25, 0.3) is 0 Å². The molecule has 37 heavy (non-hydrogen) atoms. The summed E-state index contributed by atoms with van der Waals surface area (Å²) in [6.45, 7) is 10.3. The lowest BCUT2D eigenvalue weighted by molar-refractivity contribution is 0.0224. The molecule has 186 valence electrons. The molecule has 4 aromatic rings. The van der Waals surface area contributed by atoms with Gasteiger partial charge in [-0.25, -0.2) is 4.79 Å². The maximum absolute atomic E-state index is 13.2. The number of rotatable bonds is 5. The average molecular weight is 491 g/mol. The van der Waals surface area contributed by atoms with Gasteiger partial charge in [-0.15, -0.1) is 0 Å². The third-order valence-electron chi connectivity index (χ3n) is 7.71. The lowest BCUT2D eigenvalue weighted by atomic mass is 9.77. The van der Waals surface area contributed by atoms with Crippen molar-refractivity contribution in [2.24, 2.45) is 0 Å².